The van der Waals surface area contributed by atoms with Crippen LogP contribution in [0.3, 0.4) is 0 Å². The van der Waals surface area contributed by atoms with E-state index in [-0.39, 0.29) is 5.78 Å². The van der Waals surface area contributed by atoms with E-state index in [9.17, 15) is 4.79 Å². The molecule has 1 saturated heterocycles. The largest absolute Gasteiger partial charge is 0.323 e. The number of nitrogens with one attached hydrogen (secondary N) is 1. The fourth-order valence-corrected chi connectivity index (χ4v) is 3.73. The molecular weight excluding hydrogens is 334 g/mol. The summed E-state index contributed by atoms with van der Waals surface area (Å²) in [5.41, 5.74) is 4.25. The molecule has 1 N–H and O–H groups in total. The van der Waals surface area contributed by atoms with Crippen LogP contribution < -0.4 is 5.32 Å². The average molecular weight is 364 g/mol. The molecule has 0 spiro atoms. The van der Waals surface area contributed by atoms with Crippen molar-refractivity contribution < 1.29 is 4.79 Å². The van der Waals surface area contributed by atoms with Crippen LogP contribution in [0.4, 0.5) is 0 Å². The van der Waals surface area contributed by atoms with Crippen LogP contribution in [0.1, 0.15) is 39.5 Å². The van der Waals surface area contributed by atoms with Gasteiger partial charge in [0, 0.05) is 18.0 Å². The van der Waals surface area contributed by atoms with Gasteiger partial charge in [-0.3, -0.25) is 4.79 Å². The smallest absolute Gasteiger partial charge is 0.154 e. The van der Waals surface area contributed by atoms with E-state index in [1.54, 1.807) is 6.33 Å². The van der Waals surface area contributed by atoms with E-state index < -0.39 is 0 Å². The van der Waals surface area contributed by atoms with Gasteiger partial charge in [0.05, 0.1) is 23.9 Å². The molecule has 4 rings (SSSR count). The molecule has 142 valence electrons. The van der Waals surface area contributed by atoms with Gasteiger partial charge in [-0.25, -0.2) is 4.98 Å². The maximum Gasteiger partial charge on any atom is 0.154 e. The standard InChI is InChI=1S/C21H23N3O.C2H6/c25-18(13-17-9-4-5-12-22-17)14-24-15-23-20-11-6-10-19(21(20)24)16-7-2-1-3-8-16;1-2/h1-3,6-8,10-11,15,17,22H,4-5,9,12-14H2;1-2H3/t17-;/m0./s1. The third-order valence-corrected chi connectivity index (χ3v) is 4.96. The summed E-state index contributed by atoms with van der Waals surface area (Å²) in [6, 6.07) is 16.7. The molecule has 1 aliphatic heterocycles. The first-order chi connectivity index (χ1) is 13.3. The molecule has 2 aromatic carbocycles. The summed E-state index contributed by atoms with van der Waals surface area (Å²) in [7, 11) is 0. The predicted octanol–water partition coefficient (Wildman–Crippen LogP) is 4.83. The Morgan fingerprint density at radius 2 is 1.93 bits per heavy atom. The first-order valence-electron chi connectivity index (χ1n) is 10.1. The summed E-state index contributed by atoms with van der Waals surface area (Å²) in [5, 5.41) is 3.46. The van der Waals surface area contributed by atoms with Gasteiger partial charge in [0.15, 0.2) is 5.78 Å². The Bertz CT molecular complexity index is 864. The minimum atomic E-state index is 0.265. The summed E-state index contributed by atoms with van der Waals surface area (Å²) in [4.78, 5) is 17.1. The van der Waals surface area contributed by atoms with Crippen molar-refractivity contribution in [3.8, 4) is 11.1 Å². The molecule has 1 fully saturated rings. The number of carbonyl (C=O) groups is 1. The second kappa shape index (κ2) is 9.47. The highest BCUT2D eigenvalue weighted by atomic mass is 16.1. The number of ketones is 1. The van der Waals surface area contributed by atoms with E-state index in [2.05, 4.69) is 28.5 Å². The first-order valence-corrected chi connectivity index (χ1v) is 10.1. The SMILES string of the molecule is CC.O=C(C[C@@H]1CCCCN1)Cn1cnc2cccc(-c3ccccc3)c21. The summed E-state index contributed by atoms with van der Waals surface area (Å²) in [6.07, 6.45) is 5.94. The molecular formula is C23H29N3O. The van der Waals surface area contributed by atoms with Crippen LogP contribution in [0.2, 0.25) is 0 Å². The third-order valence-electron chi connectivity index (χ3n) is 4.96. The molecule has 0 bridgehead atoms. The van der Waals surface area contributed by atoms with Crippen molar-refractivity contribution >= 4 is 16.8 Å². The fourth-order valence-electron chi connectivity index (χ4n) is 3.73. The highest BCUT2D eigenvalue weighted by molar-refractivity contribution is 5.93. The van der Waals surface area contributed by atoms with Crippen molar-refractivity contribution in [2.75, 3.05) is 6.54 Å². The van der Waals surface area contributed by atoms with Gasteiger partial charge >= 0.3 is 0 Å². The number of nitrogens with zero attached hydrogens (tertiary/aromatic N) is 2. The minimum absolute atomic E-state index is 0.265. The number of Topliss-reactive ketones (excluding diaryl/α,β-unsaturated/α-hetero) is 1. The maximum atomic E-state index is 12.6. The van der Waals surface area contributed by atoms with Gasteiger partial charge in [0.25, 0.3) is 0 Å². The molecule has 3 aromatic rings. The number of imidazole rings is 1. The Labute approximate surface area is 161 Å². The maximum absolute atomic E-state index is 12.6. The van der Waals surface area contributed by atoms with Crippen LogP contribution in [-0.4, -0.2) is 27.9 Å². The van der Waals surface area contributed by atoms with Crippen LogP contribution in [-0.2, 0) is 11.3 Å². The van der Waals surface area contributed by atoms with Crippen LogP contribution >= 0.6 is 0 Å². The van der Waals surface area contributed by atoms with E-state index >= 15 is 0 Å². The number of fused-ring (bicyclic) bond motifs is 1. The Morgan fingerprint density at radius 3 is 2.67 bits per heavy atom. The lowest BCUT2D eigenvalue weighted by Crippen LogP contribution is -2.36. The molecule has 1 atom stereocenters. The van der Waals surface area contributed by atoms with Crippen molar-refractivity contribution in [2.45, 2.75) is 52.1 Å². The predicted molar refractivity (Wildman–Crippen MR) is 112 cm³/mol. The zero-order valence-electron chi connectivity index (χ0n) is 16.3. The fraction of sp³-hybridized carbons (Fsp3) is 0.391. The van der Waals surface area contributed by atoms with Crippen LogP contribution in [0, 0.1) is 0 Å². The van der Waals surface area contributed by atoms with Crippen molar-refractivity contribution in [3.63, 3.8) is 0 Å². The molecule has 4 nitrogen and oxygen atoms in total. The molecule has 2 heterocycles. The van der Waals surface area contributed by atoms with Gasteiger partial charge in [0.1, 0.15) is 0 Å². The molecule has 0 amide bonds. The molecule has 4 heteroatoms. The highest BCUT2D eigenvalue weighted by Gasteiger charge is 2.18. The lowest BCUT2D eigenvalue weighted by atomic mass is 10.00. The van der Waals surface area contributed by atoms with Crippen molar-refractivity contribution in [2.24, 2.45) is 0 Å². The molecule has 1 aromatic heterocycles. The number of hydrogen-bond acceptors (Lipinski definition) is 3. The van der Waals surface area contributed by atoms with Crippen LogP contribution in [0.25, 0.3) is 22.2 Å². The Kier molecular flexibility index (Phi) is 6.77. The first kappa shape index (κ1) is 19.3. The molecule has 1 aliphatic rings. The van der Waals surface area contributed by atoms with E-state index in [4.69, 9.17) is 0 Å². The van der Waals surface area contributed by atoms with Crippen LogP contribution in [0.15, 0.2) is 54.9 Å². The van der Waals surface area contributed by atoms with Crippen molar-refractivity contribution in [1.82, 2.24) is 14.9 Å². The average Bonchev–Trinajstić information content (AvgIpc) is 3.14. The molecule has 0 unspecified atom stereocenters. The zero-order chi connectivity index (χ0) is 19.1. The van der Waals surface area contributed by atoms with Gasteiger partial charge < -0.3 is 9.88 Å². The molecule has 0 radical (unpaired) electrons. The Hall–Kier alpha value is -2.46. The number of piperidine rings is 1. The topological polar surface area (TPSA) is 46.9 Å². The quantitative estimate of drug-likeness (QED) is 0.706. The lowest BCUT2D eigenvalue weighted by Gasteiger charge is -2.22. The third kappa shape index (κ3) is 4.64. The number of aromatic nitrogens is 2. The van der Waals surface area contributed by atoms with Gasteiger partial charge in [-0.05, 0) is 31.0 Å². The lowest BCUT2D eigenvalue weighted by molar-refractivity contribution is -0.120. The second-order valence-corrected chi connectivity index (χ2v) is 6.80. The number of benzene rings is 2. The van der Waals surface area contributed by atoms with Crippen molar-refractivity contribution in [1.29, 1.82) is 0 Å². The summed E-state index contributed by atoms with van der Waals surface area (Å²) >= 11 is 0. The van der Waals surface area contributed by atoms with Gasteiger partial charge in [-0.1, -0.05) is 62.7 Å². The summed E-state index contributed by atoms with van der Waals surface area (Å²) < 4.78 is 2.00. The number of para-hydroxylation sites is 1. The second-order valence-electron chi connectivity index (χ2n) is 6.80. The minimum Gasteiger partial charge on any atom is -0.323 e. The van der Waals surface area contributed by atoms with Gasteiger partial charge in [-0.15, -0.1) is 0 Å². The number of hydrogen-bond donors (Lipinski definition) is 1. The van der Waals surface area contributed by atoms with Crippen LogP contribution in [0.5, 0.6) is 0 Å². The summed E-state index contributed by atoms with van der Waals surface area (Å²) in [6.45, 7) is 5.42. The highest BCUT2D eigenvalue weighted by Crippen LogP contribution is 2.28. The van der Waals surface area contributed by atoms with E-state index in [0.29, 0.717) is 19.0 Å². The van der Waals surface area contributed by atoms with Gasteiger partial charge in [0.2, 0.25) is 0 Å². The number of carbonyl (C=O) groups excluding carboxylic acids is 1. The normalized spacial score (nSPS) is 16.6. The molecule has 27 heavy (non-hydrogen) atoms. The zero-order valence-corrected chi connectivity index (χ0v) is 16.3. The monoisotopic (exact) mass is 363 g/mol. The van der Waals surface area contributed by atoms with Crippen molar-refractivity contribution in [3.05, 3.63) is 54.9 Å². The van der Waals surface area contributed by atoms with E-state index in [1.807, 2.05) is 48.7 Å². The van der Waals surface area contributed by atoms with E-state index in [1.165, 1.54) is 12.8 Å². The van der Waals surface area contributed by atoms with Gasteiger partial charge in [-0.2, -0.15) is 0 Å². The Morgan fingerprint density at radius 1 is 1.11 bits per heavy atom. The molecule has 0 saturated carbocycles. The van der Waals surface area contributed by atoms with E-state index in [0.717, 1.165) is 35.1 Å². The molecule has 0 aliphatic carbocycles. The number of rotatable bonds is 5. The Balaban J connectivity index is 0.00000102. The summed E-state index contributed by atoms with van der Waals surface area (Å²) in [5.74, 6) is 0.265.